The van der Waals surface area contributed by atoms with E-state index < -0.39 is 0 Å². The Morgan fingerprint density at radius 2 is 2.44 bits per heavy atom. The number of alkyl halides is 1. The van der Waals surface area contributed by atoms with E-state index >= 15 is 0 Å². The highest BCUT2D eigenvalue weighted by Crippen LogP contribution is 2.16. The van der Waals surface area contributed by atoms with Crippen LogP contribution in [0.3, 0.4) is 0 Å². The first-order valence-corrected chi connectivity index (χ1v) is 4.16. The molecule has 1 N–H and O–H groups in total. The van der Waals surface area contributed by atoms with E-state index in [4.69, 9.17) is 4.74 Å². The molecule has 1 heterocycles. The SMILES string of the molecule is COC1NCCCC1Br. The lowest BCUT2D eigenvalue weighted by Crippen LogP contribution is -2.43. The van der Waals surface area contributed by atoms with Crippen LogP contribution in [0.15, 0.2) is 0 Å². The highest BCUT2D eigenvalue weighted by molar-refractivity contribution is 9.09. The van der Waals surface area contributed by atoms with Crippen LogP contribution in [0.2, 0.25) is 0 Å². The molecule has 0 spiro atoms. The minimum atomic E-state index is 0.221. The van der Waals surface area contributed by atoms with Gasteiger partial charge in [0.2, 0.25) is 0 Å². The van der Waals surface area contributed by atoms with Gasteiger partial charge in [-0.15, -0.1) is 0 Å². The number of hydrogen-bond acceptors (Lipinski definition) is 2. The van der Waals surface area contributed by atoms with Gasteiger partial charge in [-0.3, -0.25) is 5.32 Å². The molecule has 0 aliphatic carbocycles. The largest absolute Gasteiger partial charge is 0.365 e. The average molecular weight is 194 g/mol. The molecular formula is C6H12BrNO. The van der Waals surface area contributed by atoms with Crippen LogP contribution in [0.1, 0.15) is 12.8 Å². The molecule has 0 aromatic rings. The fourth-order valence-electron chi connectivity index (χ4n) is 1.05. The number of methoxy groups -OCH3 is 1. The van der Waals surface area contributed by atoms with Crippen LogP contribution >= 0.6 is 15.9 Å². The van der Waals surface area contributed by atoms with Crippen molar-refractivity contribution in [3.63, 3.8) is 0 Å². The zero-order valence-corrected chi connectivity index (χ0v) is 7.15. The lowest BCUT2D eigenvalue weighted by atomic mass is 10.1. The van der Waals surface area contributed by atoms with Gasteiger partial charge in [0.1, 0.15) is 6.23 Å². The number of rotatable bonds is 1. The first-order chi connectivity index (χ1) is 4.34. The summed E-state index contributed by atoms with van der Waals surface area (Å²) in [5, 5.41) is 3.25. The molecule has 54 valence electrons. The molecule has 1 rings (SSSR count). The summed E-state index contributed by atoms with van der Waals surface area (Å²) in [5.74, 6) is 0. The van der Waals surface area contributed by atoms with Gasteiger partial charge in [-0.1, -0.05) is 15.9 Å². The predicted octanol–water partition coefficient (Wildman–Crippen LogP) is 1.11. The van der Waals surface area contributed by atoms with E-state index in [1.54, 1.807) is 7.11 Å². The van der Waals surface area contributed by atoms with Crippen LogP contribution in [-0.4, -0.2) is 24.7 Å². The molecule has 0 amide bonds. The standard InChI is InChI=1S/C6H12BrNO/c1-9-6-5(7)3-2-4-8-6/h5-6,8H,2-4H2,1H3. The van der Waals surface area contributed by atoms with E-state index in [9.17, 15) is 0 Å². The fourth-order valence-corrected chi connectivity index (χ4v) is 1.78. The van der Waals surface area contributed by atoms with Crippen LogP contribution in [0.25, 0.3) is 0 Å². The van der Waals surface area contributed by atoms with E-state index in [0.717, 1.165) is 6.54 Å². The molecule has 0 aromatic heterocycles. The van der Waals surface area contributed by atoms with E-state index in [0.29, 0.717) is 4.83 Å². The van der Waals surface area contributed by atoms with Crippen molar-refractivity contribution in [3.05, 3.63) is 0 Å². The van der Waals surface area contributed by atoms with Gasteiger partial charge in [0.25, 0.3) is 0 Å². The van der Waals surface area contributed by atoms with Crippen molar-refractivity contribution in [1.29, 1.82) is 0 Å². The van der Waals surface area contributed by atoms with E-state index in [-0.39, 0.29) is 6.23 Å². The Balaban J connectivity index is 2.30. The molecule has 1 fully saturated rings. The van der Waals surface area contributed by atoms with E-state index in [1.807, 2.05) is 0 Å². The van der Waals surface area contributed by atoms with Gasteiger partial charge < -0.3 is 4.74 Å². The summed E-state index contributed by atoms with van der Waals surface area (Å²) >= 11 is 3.53. The van der Waals surface area contributed by atoms with Crippen molar-refractivity contribution in [2.45, 2.75) is 23.9 Å². The Morgan fingerprint density at radius 1 is 1.67 bits per heavy atom. The normalized spacial score (nSPS) is 36.7. The number of nitrogens with one attached hydrogen (secondary N) is 1. The third-order valence-electron chi connectivity index (χ3n) is 1.58. The van der Waals surface area contributed by atoms with Gasteiger partial charge in [-0.05, 0) is 19.4 Å². The molecule has 1 aliphatic heterocycles. The Morgan fingerprint density at radius 3 is 2.89 bits per heavy atom. The lowest BCUT2D eigenvalue weighted by Gasteiger charge is -2.26. The molecule has 9 heavy (non-hydrogen) atoms. The number of hydrogen-bond donors (Lipinski definition) is 1. The van der Waals surface area contributed by atoms with Crippen molar-refractivity contribution < 1.29 is 4.74 Å². The van der Waals surface area contributed by atoms with Gasteiger partial charge in [0, 0.05) is 7.11 Å². The monoisotopic (exact) mass is 193 g/mol. The summed E-state index contributed by atoms with van der Waals surface area (Å²) in [5.41, 5.74) is 0. The maximum Gasteiger partial charge on any atom is 0.120 e. The molecule has 2 atom stereocenters. The first-order valence-electron chi connectivity index (χ1n) is 3.25. The molecule has 2 nitrogen and oxygen atoms in total. The van der Waals surface area contributed by atoms with Crippen LogP contribution in [-0.2, 0) is 4.74 Å². The third kappa shape index (κ3) is 1.92. The van der Waals surface area contributed by atoms with Crippen molar-refractivity contribution in [2.75, 3.05) is 13.7 Å². The summed E-state index contributed by atoms with van der Waals surface area (Å²) < 4.78 is 5.15. The maximum atomic E-state index is 5.15. The van der Waals surface area contributed by atoms with Gasteiger partial charge in [-0.2, -0.15) is 0 Å². The smallest absolute Gasteiger partial charge is 0.120 e. The molecule has 0 saturated carbocycles. The molecule has 1 saturated heterocycles. The number of ether oxygens (including phenoxy) is 1. The second-order valence-electron chi connectivity index (χ2n) is 2.27. The zero-order valence-electron chi connectivity index (χ0n) is 5.56. The van der Waals surface area contributed by atoms with E-state index in [2.05, 4.69) is 21.2 Å². The topological polar surface area (TPSA) is 21.3 Å². The summed E-state index contributed by atoms with van der Waals surface area (Å²) in [6, 6.07) is 0. The Bertz CT molecular complexity index is 89.1. The van der Waals surface area contributed by atoms with E-state index in [1.165, 1.54) is 12.8 Å². The predicted molar refractivity (Wildman–Crippen MR) is 40.7 cm³/mol. The average Bonchev–Trinajstić information content (AvgIpc) is 1.89. The molecule has 0 radical (unpaired) electrons. The van der Waals surface area contributed by atoms with Gasteiger partial charge >= 0.3 is 0 Å². The van der Waals surface area contributed by atoms with Gasteiger partial charge in [0.05, 0.1) is 4.83 Å². The molecule has 2 unspecified atom stereocenters. The second kappa shape index (κ2) is 3.54. The summed E-state index contributed by atoms with van der Waals surface area (Å²) in [6.07, 6.45) is 2.68. The second-order valence-corrected chi connectivity index (χ2v) is 3.44. The quantitative estimate of drug-likeness (QED) is 0.631. The minimum absolute atomic E-state index is 0.221. The van der Waals surface area contributed by atoms with Crippen LogP contribution in [0.4, 0.5) is 0 Å². The molecular weight excluding hydrogens is 182 g/mol. The lowest BCUT2D eigenvalue weighted by molar-refractivity contribution is 0.0594. The van der Waals surface area contributed by atoms with Crippen LogP contribution in [0, 0.1) is 0 Å². The molecule has 3 heteroatoms. The minimum Gasteiger partial charge on any atom is -0.365 e. The Kier molecular flexibility index (Phi) is 2.95. The maximum absolute atomic E-state index is 5.15. The van der Waals surface area contributed by atoms with Crippen LogP contribution < -0.4 is 5.32 Å². The van der Waals surface area contributed by atoms with Crippen molar-refractivity contribution >= 4 is 15.9 Å². The van der Waals surface area contributed by atoms with Crippen molar-refractivity contribution in [2.24, 2.45) is 0 Å². The summed E-state index contributed by atoms with van der Waals surface area (Å²) in [4.78, 5) is 0.497. The molecule has 0 aromatic carbocycles. The summed E-state index contributed by atoms with van der Waals surface area (Å²) in [7, 11) is 1.73. The fraction of sp³-hybridized carbons (Fsp3) is 1.00. The number of halogens is 1. The van der Waals surface area contributed by atoms with Crippen molar-refractivity contribution in [3.8, 4) is 0 Å². The molecule has 1 aliphatic rings. The van der Waals surface area contributed by atoms with Crippen molar-refractivity contribution in [1.82, 2.24) is 5.32 Å². The highest BCUT2D eigenvalue weighted by atomic mass is 79.9. The molecule has 0 bridgehead atoms. The van der Waals surface area contributed by atoms with Crippen LogP contribution in [0.5, 0.6) is 0 Å². The first kappa shape index (κ1) is 7.51. The Hall–Kier alpha value is 0.400. The van der Waals surface area contributed by atoms with Gasteiger partial charge in [0.15, 0.2) is 0 Å². The number of piperidine rings is 1. The Labute approximate surface area is 64.1 Å². The van der Waals surface area contributed by atoms with Gasteiger partial charge in [-0.25, -0.2) is 0 Å². The zero-order chi connectivity index (χ0) is 6.69. The summed E-state index contributed by atoms with van der Waals surface area (Å²) in [6.45, 7) is 1.08. The third-order valence-corrected chi connectivity index (χ3v) is 2.52. The highest BCUT2D eigenvalue weighted by Gasteiger charge is 2.20.